The van der Waals surface area contributed by atoms with Gasteiger partial charge in [-0.3, -0.25) is 4.79 Å². The molecule has 20 heavy (non-hydrogen) atoms. The summed E-state index contributed by atoms with van der Waals surface area (Å²) in [7, 11) is 1.43. The van der Waals surface area contributed by atoms with E-state index in [1.54, 1.807) is 6.92 Å². The van der Waals surface area contributed by atoms with E-state index < -0.39 is 18.3 Å². The molecule has 112 valence electrons. The monoisotopic (exact) mass is 290 g/mol. The van der Waals surface area contributed by atoms with Gasteiger partial charge in [-0.1, -0.05) is 6.07 Å². The van der Waals surface area contributed by atoms with Crippen LogP contribution in [0.5, 0.6) is 0 Å². The van der Waals surface area contributed by atoms with Gasteiger partial charge in [0.15, 0.2) is 0 Å². The summed E-state index contributed by atoms with van der Waals surface area (Å²) in [6.45, 7) is 1.30. The van der Waals surface area contributed by atoms with Gasteiger partial charge in [-0.05, 0) is 24.6 Å². The lowest BCUT2D eigenvalue weighted by Gasteiger charge is -2.26. The SMILES string of the molecule is CCN(CC(=O)NC)c1ccc(CO)cc1C(F)(F)F. The first-order valence-electron chi connectivity index (χ1n) is 6.10. The van der Waals surface area contributed by atoms with Gasteiger partial charge in [-0.15, -0.1) is 0 Å². The summed E-state index contributed by atoms with van der Waals surface area (Å²) in [5, 5.41) is 11.3. The van der Waals surface area contributed by atoms with E-state index in [1.807, 2.05) is 0 Å². The summed E-state index contributed by atoms with van der Waals surface area (Å²) in [4.78, 5) is 12.7. The summed E-state index contributed by atoms with van der Waals surface area (Å²) >= 11 is 0. The molecule has 1 aromatic carbocycles. The fraction of sp³-hybridized carbons (Fsp3) is 0.462. The number of anilines is 1. The number of likely N-dealkylation sites (N-methyl/N-ethyl adjacent to an activating group) is 2. The van der Waals surface area contributed by atoms with Crippen LogP contribution >= 0.6 is 0 Å². The lowest BCUT2D eigenvalue weighted by molar-refractivity contribution is -0.137. The molecular formula is C13H17F3N2O2. The molecule has 0 saturated carbocycles. The molecule has 0 fully saturated rings. The minimum Gasteiger partial charge on any atom is -0.392 e. The lowest BCUT2D eigenvalue weighted by atomic mass is 10.1. The Hall–Kier alpha value is -1.76. The van der Waals surface area contributed by atoms with E-state index in [2.05, 4.69) is 5.32 Å². The molecule has 1 aromatic rings. The first kappa shape index (κ1) is 16.3. The average Bonchev–Trinajstić information content (AvgIpc) is 2.42. The fourth-order valence-electron chi connectivity index (χ4n) is 1.80. The van der Waals surface area contributed by atoms with Crippen molar-refractivity contribution in [3.05, 3.63) is 29.3 Å². The molecule has 1 rings (SSSR count). The van der Waals surface area contributed by atoms with Crippen molar-refractivity contribution >= 4 is 11.6 Å². The zero-order valence-corrected chi connectivity index (χ0v) is 11.3. The van der Waals surface area contributed by atoms with Crippen LogP contribution in [0, 0.1) is 0 Å². The van der Waals surface area contributed by atoms with Crippen molar-refractivity contribution in [2.75, 3.05) is 25.0 Å². The Labute approximate surface area is 115 Å². The van der Waals surface area contributed by atoms with E-state index in [4.69, 9.17) is 5.11 Å². The molecule has 0 aliphatic rings. The standard InChI is InChI=1S/C13H17F3N2O2/c1-3-18(7-12(20)17-2)11-5-4-9(8-19)6-10(11)13(14,15)16/h4-6,19H,3,7-8H2,1-2H3,(H,17,20). The smallest absolute Gasteiger partial charge is 0.392 e. The van der Waals surface area contributed by atoms with Gasteiger partial charge in [0.1, 0.15) is 0 Å². The Balaban J connectivity index is 3.23. The summed E-state index contributed by atoms with van der Waals surface area (Å²) in [6.07, 6.45) is -4.55. The van der Waals surface area contributed by atoms with E-state index in [9.17, 15) is 18.0 Å². The zero-order valence-electron chi connectivity index (χ0n) is 11.3. The summed E-state index contributed by atoms with van der Waals surface area (Å²) < 4.78 is 39.2. The number of halogens is 3. The second kappa shape index (κ2) is 6.60. The number of rotatable bonds is 5. The van der Waals surface area contributed by atoms with Crippen molar-refractivity contribution < 1.29 is 23.1 Å². The third kappa shape index (κ3) is 3.86. The molecule has 0 aliphatic heterocycles. The average molecular weight is 290 g/mol. The Kier molecular flexibility index (Phi) is 5.38. The number of aliphatic hydroxyl groups is 1. The molecule has 4 nitrogen and oxygen atoms in total. The second-order valence-electron chi connectivity index (χ2n) is 4.19. The molecule has 0 aliphatic carbocycles. The van der Waals surface area contributed by atoms with Gasteiger partial charge < -0.3 is 15.3 Å². The fourth-order valence-corrected chi connectivity index (χ4v) is 1.80. The third-order valence-electron chi connectivity index (χ3n) is 2.88. The van der Waals surface area contributed by atoms with Crippen LogP contribution in [0.4, 0.5) is 18.9 Å². The van der Waals surface area contributed by atoms with E-state index in [0.717, 1.165) is 6.07 Å². The van der Waals surface area contributed by atoms with Crippen molar-refractivity contribution in [2.24, 2.45) is 0 Å². The zero-order chi connectivity index (χ0) is 15.3. The maximum absolute atomic E-state index is 13.1. The number of nitrogens with zero attached hydrogens (tertiary/aromatic N) is 1. The number of alkyl halides is 3. The number of aliphatic hydroxyl groups excluding tert-OH is 1. The minimum atomic E-state index is -4.55. The minimum absolute atomic E-state index is 0.0687. The van der Waals surface area contributed by atoms with Crippen LogP contribution in [-0.2, 0) is 17.6 Å². The van der Waals surface area contributed by atoms with Crippen molar-refractivity contribution in [2.45, 2.75) is 19.7 Å². The predicted octanol–water partition coefficient (Wildman–Crippen LogP) is 1.77. The number of amides is 1. The first-order chi connectivity index (χ1) is 9.33. The summed E-state index contributed by atoms with van der Waals surface area (Å²) in [6, 6.07) is 3.60. The van der Waals surface area contributed by atoms with Gasteiger partial charge in [0.25, 0.3) is 0 Å². The van der Waals surface area contributed by atoms with Crippen LogP contribution in [0.25, 0.3) is 0 Å². The highest BCUT2D eigenvalue weighted by atomic mass is 19.4. The molecule has 7 heteroatoms. The Bertz CT molecular complexity index is 475. The number of carbonyl (C=O) groups is 1. The van der Waals surface area contributed by atoms with E-state index in [-0.39, 0.29) is 30.2 Å². The van der Waals surface area contributed by atoms with Gasteiger partial charge >= 0.3 is 6.18 Å². The maximum Gasteiger partial charge on any atom is 0.418 e. The van der Waals surface area contributed by atoms with Crippen molar-refractivity contribution in [3.63, 3.8) is 0 Å². The normalized spacial score (nSPS) is 11.3. The highest BCUT2D eigenvalue weighted by Crippen LogP contribution is 2.37. The number of carbonyl (C=O) groups excluding carboxylic acids is 1. The predicted molar refractivity (Wildman–Crippen MR) is 69.3 cm³/mol. The van der Waals surface area contributed by atoms with Gasteiger partial charge in [0.05, 0.1) is 18.7 Å². The van der Waals surface area contributed by atoms with Gasteiger partial charge in [0.2, 0.25) is 5.91 Å². The quantitative estimate of drug-likeness (QED) is 0.869. The first-order valence-corrected chi connectivity index (χ1v) is 6.10. The molecule has 0 atom stereocenters. The molecule has 0 heterocycles. The maximum atomic E-state index is 13.1. The highest BCUT2D eigenvalue weighted by molar-refractivity contribution is 5.81. The van der Waals surface area contributed by atoms with Crippen LogP contribution in [-0.4, -0.2) is 31.2 Å². The van der Waals surface area contributed by atoms with E-state index in [1.165, 1.54) is 24.1 Å². The van der Waals surface area contributed by atoms with Crippen molar-refractivity contribution in [1.82, 2.24) is 5.32 Å². The number of hydrogen-bond acceptors (Lipinski definition) is 3. The van der Waals surface area contributed by atoms with Crippen molar-refractivity contribution in [3.8, 4) is 0 Å². The summed E-state index contributed by atoms with van der Waals surface area (Å²) in [5.74, 6) is -0.369. The molecule has 0 radical (unpaired) electrons. The molecule has 0 spiro atoms. The summed E-state index contributed by atoms with van der Waals surface area (Å²) in [5.41, 5.74) is -0.743. The van der Waals surface area contributed by atoms with E-state index >= 15 is 0 Å². The van der Waals surface area contributed by atoms with E-state index in [0.29, 0.717) is 0 Å². The number of hydrogen-bond donors (Lipinski definition) is 2. The van der Waals surface area contributed by atoms with Gasteiger partial charge in [0, 0.05) is 19.3 Å². The van der Waals surface area contributed by atoms with Crippen LogP contribution in [0.15, 0.2) is 18.2 Å². The largest absolute Gasteiger partial charge is 0.418 e. The topological polar surface area (TPSA) is 52.6 Å². The molecule has 0 aromatic heterocycles. The Morgan fingerprint density at radius 2 is 2.05 bits per heavy atom. The van der Waals surface area contributed by atoms with Crippen LogP contribution < -0.4 is 10.2 Å². The van der Waals surface area contributed by atoms with Gasteiger partial charge in [-0.2, -0.15) is 13.2 Å². The number of benzene rings is 1. The lowest BCUT2D eigenvalue weighted by Crippen LogP contribution is -2.36. The molecule has 0 bridgehead atoms. The molecule has 2 N–H and O–H groups in total. The van der Waals surface area contributed by atoms with Gasteiger partial charge in [-0.25, -0.2) is 0 Å². The van der Waals surface area contributed by atoms with Crippen LogP contribution in [0.2, 0.25) is 0 Å². The van der Waals surface area contributed by atoms with Crippen molar-refractivity contribution in [1.29, 1.82) is 0 Å². The highest BCUT2D eigenvalue weighted by Gasteiger charge is 2.35. The Morgan fingerprint density at radius 1 is 1.40 bits per heavy atom. The second-order valence-corrected chi connectivity index (χ2v) is 4.19. The molecular weight excluding hydrogens is 273 g/mol. The van der Waals surface area contributed by atoms with Crippen LogP contribution in [0.1, 0.15) is 18.1 Å². The Morgan fingerprint density at radius 3 is 2.50 bits per heavy atom. The third-order valence-corrected chi connectivity index (χ3v) is 2.88. The molecule has 0 unspecified atom stereocenters. The number of nitrogens with one attached hydrogen (secondary N) is 1. The molecule has 0 saturated heterocycles. The molecule has 1 amide bonds. The van der Waals surface area contributed by atoms with Crippen LogP contribution in [0.3, 0.4) is 0 Å².